The molecule has 0 aliphatic carbocycles. The molecule has 0 saturated heterocycles. The molecule has 0 unspecified atom stereocenters. The van der Waals surface area contributed by atoms with Crippen LogP contribution >= 0.6 is 0 Å². The van der Waals surface area contributed by atoms with Gasteiger partial charge in [-0.2, -0.15) is 0 Å². The highest BCUT2D eigenvalue weighted by atomic mass is 15.3. The van der Waals surface area contributed by atoms with E-state index >= 15 is 0 Å². The Balaban J connectivity index is 1.36. The van der Waals surface area contributed by atoms with Crippen molar-refractivity contribution >= 4 is 43.8 Å². The van der Waals surface area contributed by atoms with Crippen molar-refractivity contribution in [1.29, 1.82) is 0 Å². The van der Waals surface area contributed by atoms with Gasteiger partial charge in [-0.05, 0) is 101 Å². The van der Waals surface area contributed by atoms with Crippen LogP contribution in [0.2, 0.25) is 0 Å². The maximum Gasteiger partial charge on any atom is 0.138 e. The van der Waals surface area contributed by atoms with Gasteiger partial charge >= 0.3 is 0 Å². The molecule has 1 aromatic heterocycles. The number of hydrogen-bond acceptors (Lipinski definition) is 3. The molecule has 7 aromatic rings. The Morgan fingerprint density at radius 1 is 0.489 bits per heavy atom. The van der Waals surface area contributed by atoms with E-state index < -0.39 is 0 Å². The molecular formula is C42H35N3. The third-order valence-electron chi connectivity index (χ3n) is 9.92. The van der Waals surface area contributed by atoms with Gasteiger partial charge in [-0.3, -0.25) is 9.98 Å². The molecule has 0 radical (unpaired) electrons. The van der Waals surface area contributed by atoms with Gasteiger partial charge in [0.25, 0.3) is 0 Å². The van der Waals surface area contributed by atoms with Crippen molar-refractivity contribution in [3.8, 4) is 22.3 Å². The maximum atomic E-state index is 5.34. The van der Waals surface area contributed by atoms with Gasteiger partial charge < -0.3 is 4.90 Å². The third kappa shape index (κ3) is 4.26. The molecular weight excluding hydrogens is 546 g/mol. The molecule has 6 aromatic carbocycles. The predicted molar refractivity (Wildman–Crippen MR) is 191 cm³/mol. The fourth-order valence-corrected chi connectivity index (χ4v) is 7.00. The Bertz CT molecular complexity index is 2220. The van der Waals surface area contributed by atoms with Gasteiger partial charge in [0, 0.05) is 29.2 Å². The van der Waals surface area contributed by atoms with E-state index in [4.69, 9.17) is 9.98 Å². The molecule has 218 valence electrons. The van der Waals surface area contributed by atoms with Crippen molar-refractivity contribution in [3.05, 3.63) is 145 Å². The summed E-state index contributed by atoms with van der Waals surface area (Å²) in [4.78, 5) is 12.6. The van der Waals surface area contributed by atoms with Crippen molar-refractivity contribution < 1.29 is 0 Å². The summed E-state index contributed by atoms with van der Waals surface area (Å²) in [5.74, 6) is 0.951. The molecule has 3 nitrogen and oxygen atoms in total. The summed E-state index contributed by atoms with van der Waals surface area (Å²) in [5, 5.41) is 7.39. The lowest BCUT2D eigenvalue weighted by Crippen LogP contribution is -2.53. The van der Waals surface area contributed by atoms with Crippen LogP contribution in [-0.2, 0) is 0 Å². The minimum Gasteiger partial charge on any atom is -0.318 e. The topological polar surface area (TPSA) is 28.5 Å². The highest BCUT2D eigenvalue weighted by Crippen LogP contribution is 2.45. The Morgan fingerprint density at radius 3 is 1.67 bits per heavy atom. The van der Waals surface area contributed by atoms with Crippen molar-refractivity contribution in [3.63, 3.8) is 0 Å². The summed E-state index contributed by atoms with van der Waals surface area (Å²) < 4.78 is 0. The molecule has 0 atom stereocenters. The van der Waals surface area contributed by atoms with E-state index in [0.29, 0.717) is 0 Å². The lowest BCUT2D eigenvalue weighted by Gasteiger charge is -2.41. The molecule has 8 rings (SSSR count). The molecule has 1 aliphatic rings. The van der Waals surface area contributed by atoms with Crippen LogP contribution in [0.5, 0.6) is 0 Å². The van der Waals surface area contributed by atoms with Crippen molar-refractivity contribution in [2.75, 3.05) is 4.90 Å². The predicted octanol–water partition coefficient (Wildman–Crippen LogP) is 10.7. The molecule has 0 spiro atoms. The third-order valence-corrected chi connectivity index (χ3v) is 9.92. The van der Waals surface area contributed by atoms with Crippen LogP contribution in [0.25, 0.3) is 54.6 Å². The van der Waals surface area contributed by atoms with E-state index in [0.717, 1.165) is 22.6 Å². The first kappa shape index (κ1) is 27.3. The van der Waals surface area contributed by atoms with Crippen LogP contribution in [0.4, 0.5) is 5.69 Å². The van der Waals surface area contributed by atoms with Crippen LogP contribution in [0.1, 0.15) is 33.3 Å². The fraction of sp³-hybridized carbons (Fsp3) is 0.143. The van der Waals surface area contributed by atoms with Gasteiger partial charge in [0.15, 0.2) is 0 Å². The first-order valence-electron chi connectivity index (χ1n) is 15.7. The summed E-state index contributed by atoms with van der Waals surface area (Å²) in [6, 6.07) is 45.9. The van der Waals surface area contributed by atoms with Crippen LogP contribution in [0.3, 0.4) is 0 Å². The fourth-order valence-electron chi connectivity index (χ4n) is 7.00. The van der Waals surface area contributed by atoms with E-state index in [1.54, 1.807) is 0 Å². The van der Waals surface area contributed by atoms with Crippen LogP contribution in [-0.4, -0.2) is 21.9 Å². The smallest absolute Gasteiger partial charge is 0.138 e. The van der Waals surface area contributed by atoms with E-state index in [9.17, 15) is 0 Å². The van der Waals surface area contributed by atoms with Crippen LogP contribution < -0.4 is 4.90 Å². The van der Waals surface area contributed by atoms with Gasteiger partial charge in [0.2, 0.25) is 0 Å². The average Bonchev–Trinajstić information content (AvgIpc) is 3.26. The van der Waals surface area contributed by atoms with Crippen molar-refractivity contribution in [1.82, 2.24) is 4.98 Å². The van der Waals surface area contributed by atoms with E-state index in [1.165, 1.54) is 49.0 Å². The van der Waals surface area contributed by atoms with Crippen LogP contribution in [0.15, 0.2) is 145 Å². The number of nitrogens with zero attached hydrogens (tertiary/aromatic N) is 3. The maximum absolute atomic E-state index is 5.34. The van der Waals surface area contributed by atoms with Gasteiger partial charge in [-0.1, -0.05) is 103 Å². The minimum absolute atomic E-state index is 0.236. The number of benzene rings is 6. The first-order valence-corrected chi connectivity index (χ1v) is 15.7. The van der Waals surface area contributed by atoms with Gasteiger partial charge in [0.1, 0.15) is 5.84 Å². The minimum atomic E-state index is -0.297. The number of para-hydroxylation sites is 1. The second-order valence-corrected chi connectivity index (χ2v) is 13.1. The zero-order valence-corrected chi connectivity index (χ0v) is 26.1. The standard InChI is InChI=1S/C42H35N3/c1-41(2)42(3,4)45(33-16-6-5-7-17-33)40(44-41)32-25-31(26-43-27-32)39-36-20-12-10-18-34(36)38(35-19-11-13-21-37(35)39)30-23-22-28-14-8-9-15-29(28)24-30/h5-27H,1-4H3. The number of hydrogen-bond donors (Lipinski definition) is 0. The molecule has 0 N–H and O–H groups in total. The van der Waals surface area contributed by atoms with Crippen molar-refractivity contribution in [2.24, 2.45) is 4.99 Å². The summed E-state index contributed by atoms with van der Waals surface area (Å²) in [7, 11) is 0. The zero-order chi connectivity index (χ0) is 30.8. The van der Waals surface area contributed by atoms with Crippen LogP contribution in [0, 0.1) is 0 Å². The SMILES string of the molecule is CC1(C)N=C(c2cncc(-c3c4ccccc4c(-c4ccc5ccccc5c4)c4ccccc34)c2)N(c2ccccc2)C1(C)C. The number of anilines is 1. The number of aromatic nitrogens is 1. The molecule has 0 amide bonds. The van der Waals surface area contributed by atoms with Crippen molar-refractivity contribution in [2.45, 2.75) is 38.8 Å². The quantitative estimate of drug-likeness (QED) is 0.193. The lowest BCUT2D eigenvalue weighted by molar-refractivity contribution is 0.338. The number of rotatable bonds is 4. The van der Waals surface area contributed by atoms with Gasteiger partial charge in [0.05, 0.1) is 11.1 Å². The largest absolute Gasteiger partial charge is 0.318 e. The Labute approximate surface area is 264 Å². The first-order chi connectivity index (χ1) is 21.8. The molecule has 45 heavy (non-hydrogen) atoms. The molecule has 1 aliphatic heterocycles. The average molecular weight is 582 g/mol. The van der Waals surface area contributed by atoms with E-state index in [-0.39, 0.29) is 11.1 Å². The number of fused-ring (bicyclic) bond motifs is 3. The van der Waals surface area contributed by atoms with E-state index in [2.05, 4.69) is 160 Å². The Morgan fingerprint density at radius 2 is 1.02 bits per heavy atom. The Hall–Kier alpha value is -5.28. The number of aliphatic imine (C=N–C) groups is 1. The second kappa shape index (κ2) is 10.1. The Kier molecular flexibility index (Phi) is 6.15. The summed E-state index contributed by atoms with van der Waals surface area (Å²) in [5.41, 5.74) is 6.39. The van der Waals surface area contributed by atoms with Gasteiger partial charge in [-0.15, -0.1) is 0 Å². The monoisotopic (exact) mass is 581 g/mol. The summed E-state index contributed by atoms with van der Waals surface area (Å²) in [6.45, 7) is 9.00. The second-order valence-electron chi connectivity index (χ2n) is 13.1. The molecule has 3 heteroatoms. The lowest BCUT2D eigenvalue weighted by atomic mass is 9.83. The summed E-state index contributed by atoms with van der Waals surface area (Å²) >= 11 is 0. The molecule has 0 bridgehead atoms. The normalized spacial score (nSPS) is 15.6. The highest BCUT2D eigenvalue weighted by Gasteiger charge is 2.49. The number of pyridine rings is 1. The molecule has 0 fully saturated rings. The zero-order valence-electron chi connectivity index (χ0n) is 26.1. The number of amidine groups is 1. The summed E-state index contributed by atoms with van der Waals surface area (Å²) in [6.07, 6.45) is 3.97. The molecule has 0 saturated carbocycles. The van der Waals surface area contributed by atoms with E-state index in [1.807, 2.05) is 12.4 Å². The van der Waals surface area contributed by atoms with Gasteiger partial charge in [-0.25, -0.2) is 0 Å². The molecule has 2 heterocycles. The highest BCUT2D eigenvalue weighted by molar-refractivity contribution is 6.22.